The third-order valence-corrected chi connectivity index (χ3v) is 4.84. The van der Waals surface area contributed by atoms with Crippen molar-refractivity contribution >= 4 is 33.6 Å². The van der Waals surface area contributed by atoms with Gasteiger partial charge in [-0.15, -0.1) is 0 Å². The fraction of sp³-hybridized carbons (Fsp3) is 0.316. The highest BCUT2D eigenvalue weighted by Crippen LogP contribution is 2.20. The topological polar surface area (TPSA) is 62.3 Å². The molecule has 0 radical (unpaired) electrons. The van der Waals surface area contributed by atoms with E-state index in [0.717, 1.165) is 17.3 Å². The van der Waals surface area contributed by atoms with Gasteiger partial charge >= 0.3 is 0 Å². The lowest BCUT2D eigenvalue weighted by Gasteiger charge is -2.32. The van der Waals surface area contributed by atoms with Gasteiger partial charge < -0.3 is 10.2 Å². The number of pyridine rings is 1. The van der Waals surface area contributed by atoms with Gasteiger partial charge in [-0.3, -0.25) is 9.59 Å². The quantitative estimate of drug-likeness (QED) is 0.825. The summed E-state index contributed by atoms with van der Waals surface area (Å²) in [6.45, 7) is 0.991. The third-order valence-electron chi connectivity index (χ3n) is 4.37. The molecule has 1 aliphatic heterocycles. The molecule has 0 spiro atoms. The molecule has 2 aromatic rings. The second-order valence-corrected chi connectivity index (χ2v) is 7.25. The van der Waals surface area contributed by atoms with Gasteiger partial charge in [0.05, 0.1) is 12.3 Å². The smallest absolute Gasteiger partial charge is 0.230 e. The number of rotatable bonds is 4. The molecule has 2 heterocycles. The third kappa shape index (κ3) is 4.88. The summed E-state index contributed by atoms with van der Waals surface area (Å²) in [5.74, 6) is -0.363. The molecule has 1 aliphatic rings. The van der Waals surface area contributed by atoms with E-state index in [-0.39, 0.29) is 30.0 Å². The Morgan fingerprint density at radius 1 is 1.31 bits per heavy atom. The average Bonchev–Trinajstić information content (AvgIpc) is 2.64. The van der Waals surface area contributed by atoms with Crippen LogP contribution >= 0.6 is 15.9 Å². The highest BCUT2D eigenvalue weighted by Gasteiger charge is 2.28. The van der Waals surface area contributed by atoms with Gasteiger partial charge in [-0.25, -0.2) is 9.37 Å². The molecule has 3 rings (SSSR count). The van der Waals surface area contributed by atoms with Crippen molar-refractivity contribution in [1.29, 1.82) is 0 Å². The number of benzene rings is 1. The Morgan fingerprint density at radius 2 is 2.15 bits per heavy atom. The van der Waals surface area contributed by atoms with Gasteiger partial charge in [0.25, 0.3) is 0 Å². The zero-order valence-electron chi connectivity index (χ0n) is 14.1. The second-order valence-electron chi connectivity index (χ2n) is 6.34. The first-order chi connectivity index (χ1) is 12.5. The van der Waals surface area contributed by atoms with Crippen LogP contribution in [0.1, 0.15) is 18.4 Å². The van der Waals surface area contributed by atoms with Gasteiger partial charge in [0.1, 0.15) is 11.6 Å². The normalized spacial score (nSPS) is 17.0. The molecule has 1 fully saturated rings. The maximum absolute atomic E-state index is 13.3. The SMILES string of the molecule is O=C(Nc1ccc(Br)cn1)C1CCCN(C(=O)Cc2cccc(F)c2)C1. The molecule has 26 heavy (non-hydrogen) atoms. The molecule has 5 nitrogen and oxygen atoms in total. The van der Waals surface area contributed by atoms with E-state index in [4.69, 9.17) is 0 Å². The number of nitrogens with one attached hydrogen (secondary N) is 1. The van der Waals surface area contributed by atoms with E-state index in [2.05, 4.69) is 26.2 Å². The van der Waals surface area contributed by atoms with Crippen LogP contribution in [0.3, 0.4) is 0 Å². The summed E-state index contributed by atoms with van der Waals surface area (Å²) in [6.07, 6.45) is 3.25. The molecular weight excluding hydrogens is 401 g/mol. The number of likely N-dealkylation sites (tertiary alicyclic amines) is 1. The number of carbonyl (C=O) groups excluding carboxylic acids is 2. The zero-order valence-corrected chi connectivity index (χ0v) is 15.7. The Bertz CT molecular complexity index is 798. The summed E-state index contributed by atoms with van der Waals surface area (Å²) in [7, 11) is 0. The van der Waals surface area contributed by atoms with Crippen molar-refractivity contribution < 1.29 is 14.0 Å². The van der Waals surface area contributed by atoms with Crippen LogP contribution in [0.25, 0.3) is 0 Å². The van der Waals surface area contributed by atoms with Crippen molar-refractivity contribution in [1.82, 2.24) is 9.88 Å². The van der Waals surface area contributed by atoms with E-state index in [9.17, 15) is 14.0 Å². The molecule has 0 aliphatic carbocycles. The van der Waals surface area contributed by atoms with Gasteiger partial charge in [0.2, 0.25) is 11.8 Å². The van der Waals surface area contributed by atoms with Crippen LogP contribution in [0.5, 0.6) is 0 Å². The Hall–Kier alpha value is -2.28. The van der Waals surface area contributed by atoms with Gasteiger partial charge in [-0.05, 0) is 58.6 Å². The Kier molecular flexibility index (Phi) is 5.98. The monoisotopic (exact) mass is 419 g/mol. The van der Waals surface area contributed by atoms with Crippen LogP contribution in [-0.4, -0.2) is 34.8 Å². The van der Waals surface area contributed by atoms with E-state index in [1.54, 1.807) is 35.4 Å². The lowest BCUT2D eigenvalue weighted by atomic mass is 9.96. The van der Waals surface area contributed by atoms with Gasteiger partial charge in [0.15, 0.2) is 0 Å². The predicted molar refractivity (Wildman–Crippen MR) is 100.0 cm³/mol. The summed E-state index contributed by atoms with van der Waals surface area (Å²) in [5, 5.41) is 2.80. The second kappa shape index (κ2) is 8.40. The van der Waals surface area contributed by atoms with Gasteiger partial charge in [-0.2, -0.15) is 0 Å². The first-order valence-corrected chi connectivity index (χ1v) is 9.25. The van der Waals surface area contributed by atoms with Crippen LogP contribution in [0, 0.1) is 11.7 Å². The summed E-state index contributed by atoms with van der Waals surface area (Å²) in [5.41, 5.74) is 0.639. The summed E-state index contributed by atoms with van der Waals surface area (Å²) in [4.78, 5) is 30.8. The predicted octanol–water partition coefficient (Wildman–Crippen LogP) is 3.40. The van der Waals surface area contributed by atoms with Gasteiger partial charge in [0, 0.05) is 23.8 Å². The van der Waals surface area contributed by atoms with E-state index >= 15 is 0 Å². The minimum atomic E-state index is -0.354. The number of carbonyl (C=O) groups is 2. The fourth-order valence-electron chi connectivity index (χ4n) is 3.03. The molecule has 1 N–H and O–H groups in total. The molecule has 136 valence electrons. The Morgan fingerprint density at radius 3 is 2.88 bits per heavy atom. The molecule has 2 amide bonds. The largest absolute Gasteiger partial charge is 0.342 e. The average molecular weight is 420 g/mol. The minimum Gasteiger partial charge on any atom is -0.342 e. The maximum Gasteiger partial charge on any atom is 0.230 e. The van der Waals surface area contributed by atoms with Gasteiger partial charge in [-0.1, -0.05) is 12.1 Å². The molecule has 1 saturated heterocycles. The van der Waals surface area contributed by atoms with Crippen molar-refractivity contribution in [3.63, 3.8) is 0 Å². The molecule has 1 aromatic heterocycles. The zero-order chi connectivity index (χ0) is 18.5. The standard InChI is InChI=1S/C19H19BrFN3O2/c20-15-6-7-17(22-11-15)23-19(26)14-4-2-8-24(12-14)18(25)10-13-3-1-5-16(21)9-13/h1,3,5-7,9,11,14H,2,4,8,10,12H2,(H,22,23,26). The van der Waals surface area contributed by atoms with Crippen molar-refractivity contribution in [3.05, 3.63) is 58.4 Å². The number of halogens is 2. The fourth-order valence-corrected chi connectivity index (χ4v) is 3.26. The van der Waals surface area contributed by atoms with Crippen LogP contribution in [0.2, 0.25) is 0 Å². The van der Waals surface area contributed by atoms with E-state index in [1.807, 2.05) is 0 Å². The Labute approximate surface area is 159 Å². The van der Waals surface area contributed by atoms with E-state index in [0.29, 0.717) is 24.5 Å². The number of piperidine rings is 1. The molecule has 7 heteroatoms. The van der Waals surface area contributed by atoms with E-state index in [1.165, 1.54) is 12.1 Å². The van der Waals surface area contributed by atoms with Crippen LogP contribution in [-0.2, 0) is 16.0 Å². The highest BCUT2D eigenvalue weighted by molar-refractivity contribution is 9.10. The molecule has 1 unspecified atom stereocenters. The summed E-state index contributed by atoms with van der Waals surface area (Å²) < 4.78 is 14.1. The number of hydrogen-bond acceptors (Lipinski definition) is 3. The van der Waals surface area contributed by atoms with Crippen molar-refractivity contribution in [2.24, 2.45) is 5.92 Å². The van der Waals surface area contributed by atoms with Crippen LogP contribution < -0.4 is 5.32 Å². The molecular formula is C19H19BrFN3O2. The number of nitrogens with zero attached hydrogens (tertiary/aromatic N) is 2. The minimum absolute atomic E-state index is 0.0881. The van der Waals surface area contributed by atoms with E-state index < -0.39 is 0 Å². The first kappa shape index (κ1) is 18.5. The highest BCUT2D eigenvalue weighted by atomic mass is 79.9. The molecule has 0 bridgehead atoms. The van der Waals surface area contributed by atoms with Crippen LogP contribution in [0.4, 0.5) is 10.2 Å². The first-order valence-electron chi connectivity index (χ1n) is 8.46. The van der Waals surface area contributed by atoms with Crippen molar-refractivity contribution in [3.8, 4) is 0 Å². The summed E-state index contributed by atoms with van der Waals surface area (Å²) >= 11 is 3.30. The lowest BCUT2D eigenvalue weighted by molar-refractivity contribution is -0.133. The van der Waals surface area contributed by atoms with Crippen molar-refractivity contribution in [2.75, 3.05) is 18.4 Å². The number of anilines is 1. The summed E-state index contributed by atoms with van der Waals surface area (Å²) in [6, 6.07) is 9.57. The maximum atomic E-state index is 13.3. The number of hydrogen-bond donors (Lipinski definition) is 1. The molecule has 1 atom stereocenters. The number of aromatic nitrogens is 1. The number of amides is 2. The molecule has 1 aromatic carbocycles. The van der Waals surface area contributed by atoms with Crippen molar-refractivity contribution in [2.45, 2.75) is 19.3 Å². The lowest BCUT2D eigenvalue weighted by Crippen LogP contribution is -2.44. The Balaban J connectivity index is 1.58. The van der Waals surface area contributed by atoms with Crippen LogP contribution in [0.15, 0.2) is 47.1 Å². The molecule has 0 saturated carbocycles.